The SMILES string of the molecule is CCC1=C(C)CN(C(=O)/C(=C/c2ccc(Cl)cc2)c2ccccc2)C1=O. The Labute approximate surface area is 158 Å². The summed E-state index contributed by atoms with van der Waals surface area (Å²) >= 11 is 5.95. The highest BCUT2D eigenvalue weighted by Gasteiger charge is 2.33. The van der Waals surface area contributed by atoms with Crippen LogP contribution in [0, 0.1) is 0 Å². The highest BCUT2D eigenvalue weighted by atomic mass is 35.5. The van der Waals surface area contributed by atoms with Gasteiger partial charge in [-0.3, -0.25) is 14.5 Å². The molecule has 0 bridgehead atoms. The van der Waals surface area contributed by atoms with Gasteiger partial charge in [-0.15, -0.1) is 0 Å². The van der Waals surface area contributed by atoms with Crippen molar-refractivity contribution in [2.45, 2.75) is 20.3 Å². The lowest BCUT2D eigenvalue weighted by Crippen LogP contribution is -2.34. The lowest BCUT2D eigenvalue weighted by atomic mass is 10.0. The summed E-state index contributed by atoms with van der Waals surface area (Å²) in [6, 6.07) is 16.7. The van der Waals surface area contributed by atoms with Gasteiger partial charge < -0.3 is 0 Å². The van der Waals surface area contributed by atoms with Gasteiger partial charge in [-0.1, -0.05) is 61.0 Å². The van der Waals surface area contributed by atoms with Crippen LogP contribution in [-0.4, -0.2) is 23.3 Å². The second-order valence-corrected chi connectivity index (χ2v) is 6.72. The lowest BCUT2D eigenvalue weighted by Gasteiger charge is -2.17. The van der Waals surface area contributed by atoms with E-state index in [0.717, 1.165) is 22.3 Å². The number of nitrogens with zero attached hydrogens (tertiary/aromatic N) is 1. The van der Waals surface area contributed by atoms with Crippen molar-refractivity contribution in [1.82, 2.24) is 4.90 Å². The molecule has 0 aliphatic carbocycles. The van der Waals surface area contributed by atoms with Crippen molar-refractivity contribution in [3.63, 3.8) is 0 Å². The van der Waals surface area contributed by atoms with Crippen molar-refractivity contribution >= 4 is 35.1 Å². The fourth-order valence-electron chi connectivity index (χ4n) is 3.12. The average molecular weight is 366 g/mol. The second kappa shape index (κ2) is 7.71. The fourth-order valence-corrected chi connectivity index (χ4v) is 3.25. The highest BCUT2D eigenvalue weighted by Crippen LogP contribution is 2.27. The standard InChI is InChI=1S/C22H20ClNO2/c1-3-19-15(2)14-24(21(19)25)22(26)20(17-7-5-4-6-8-17)13-16-9-11-18(23)12-10-16/h4-13H,3,14H2,1-2H3/b20-13+. The Morgan fingerprint density at radius 3 is 2.35 bits per heavy atom. The Morgan fingerprint density at radius 2 is 1.77 bits per heavy atom. The number of carbonyl (C=O) groups excluding carboxylic acids is 2. The van der Waals surface area contributed by atoms with Crippen LogP contribution < -0.4 is 0 Å². The van der Waals surface area contributed by atoms with Crippen molar-refractivity contribution < 1.29 is 9.59 Å². The van der Waals surface area contributed by atoms with E-state index in [9.17, 15) is 9.59 Å². The number of halogens is 1. The number of hydrogen-bond donors (Lipinski definition) is 0. The number of hydrogen-bond acceptors (Lipinski definition) is 2. The zero-order valence-electron chi connectivity index (χ0n) is 14.8. The smallest absolute Gasteiger partial charge is 0.261 e. The van der Waals surface area contributed by atoms with E-state index in [-0.39, 0.29) is 11.8 Å². The van der Waals surface area contributed by atoms with Crippen LogP contribution in [0.15, 0.2) is 65.7 Å². The van der Waals surface area contributed by atoms with Crippen LogP contribution >= 0.6 is 11.6 Å². The highest BCUT2D eigenvalue weighted by molar-refractivity contribution is 6.31. The number of rotatable bonds is 4. The van der Waals surface area contributed by atoms with Gasteiger partial charge in [0.05, 0.1) is 6.54 Å². The quantitative estimate of drug-likeness (QED) is 0.566. The van der Waals surface area contributed by atoms with E-state index >= 15 is 0 Å². The molecule has 132 valence electrons. The number of carbonyl (C=O) groups is 2. The van der Waals surface area contributed by atoms with Gasteiger partial charge in [0.2, 0.25) is 0 Å². The van der Waals surface area contributed by atoms with Crippen LogP contribution in [0.2, 0.25) is 5.02 Å². The lowest BCUT2D eigenvalue weighted by molar-refractivity contribution is -0.137. The molecule has 0 saturated carbocycles. The molecule has 0 atom stereocenters. The van der Waals surface area contributed by atoms with E-state index in [2.05, 4.69) is 0 Å². The summed E-state index contributed by atoms with van der Waals surface area (Å²) in [4.78, 5) is 27.2. The predicted molar refractivity (Wildman–Crippen MR) is 105 cm³/mol. The third kappa shape index (κ3) is 3.63. The van der Waals surface area contributed by atoms with Gasteiger partial charge in [-0.25, -0.2) is 0 Å². The minimum Gasteiger partial charge on any atom is -0.270 e. The van der Waals surface area contributed by atoms with E-state index in [1.807, 2.05) is 56.3 Å². The zero-order valence-corrected chi connectivity index (χ0v) is 15.6. The molecule has 4 heteroatoms. The summed E-state index contributed by atoms with van der Waals surface area (Å²) in [6.45, 7) is 4.20. The van der Waals surface area contributed by atoms with Gasteiger partial charge in [0.25, 0.3) is 11.8 Å². The summed E-state index contributed by atoms with van der Waals surface area (Å²) in [5.74, 6) is -0.466. The topological polar surface area (TPSA) is 37.4 Å². The maximum absolute atomic E-state index is 13.2. The third-order valence-electron chi connectivity index (χ3n) is 4.51. The molecule has 0 unspecified atom stereocenters. The van der Waals surface area contributed by atoms with Gasteiger partial charge in [0, 0.05) is 16.2 Å². The fraction of sp³-hybridized carbons (Fsp3) is 0.182. The van der Waals surface area contributed by atoms with Gasteiger partial charge in [-0.05, 0) is 48.3 Å². The first-order valence-corrected chi connectivity index (χ1v) is 8.96. The molecule has 0 saturated heterocycles. The summed E-state index contributed by atoms with van der Waals surface area (Å²) in [5, 5.41) is 0.636. The molecule has 2 aromatic carbocycles. The Balaban J connectivity index is 2.01. The molecule has 0 fully saturated rings. The normalized spacial score (nSPS) is 15.0. The molecule has 0 N–H and O–H groups in total. The van der Waals surface area contributed by atoms with Crippen LogP contribution in [0.25, 0.3) is 11.6 Å². The predicted octanol–water partition coefficient (Wildman–Crippen LogP) is 4.98. The molecule has 1 aliphatic rings. The van der Waals surface area contributed by atoms with Crippen molar-refractivity contribution in [1.29, 1.82) is 0 Å². The van der Waals surface area contributed by atoms with E-state index in [1.54, 1.807) is 18.2 Å². The van der Waals surface area contributed by atoms with Crippen LogP contribution in [0.1, 0.15) is 31.4 Å². The first-order valence-electron chi connectivity index (χ1n) is 8.58. The van der Waals surface area contributed by atoms with Crippen LogP contribution in [-0.2, 0) is 9.59 Å². The average Bonchev–Trinajstić information content (AvgIpc) is 2.95. The second-order valence-electron chi connectivity index (χ2n) is 6.28. The molecule has 1 heterocycles. The van der Waals surface area contributed by atoms with Crippen LogP contribution in [0.3, 0.4) is 0 Å². The minimum absolute atomic E-state index is 0.187. The summed E-state index contributed by atoms with van der Waals surface area (Å²) in [6.07, 6.45) is 2.44. The third-order valence-corrected chi connectivity index (χ3v) is 4.76. The molecule has 0 aromatic heterocycles. The van der Waals surface area contributed by atoms with Crippen molar-refractivity contribution in [3.05, 3.63) is 81.9 Å². The van der Waals surface area contributed by atoms with Crippen molar-refractivity contribution in [3.8, 4) is 0 Å². The van der Waals surface area contributed by atoms with Gasteiger partial charge in [-0.2, -0.15) is 0 Å². The Morgan fingerprint density at radius 1 is 1.12 bits per heavy atom. The molecule has 3 rings (SSSR count). The van der Waals surface area contributed by atoms with E-state index in [1.165, 1.54) is 4.90 Å². The summed E-state index contributed by atoms with van der Waals surface area (Å²) in [7, 11) is 0. The Hall–Kier alpha value is -2.65. The van der Waals surface area contributed by atoms with Crippen molar-refractivity contribution in [2.24, 2.45) is 0 Å². The molecule has 2 amide bonds. The van der Waals surface area contributed by atoms with E-state index in [4.69, 9.17) is 11.6 Å². The van der Waals surface area contributed by atoms with Crippen LogP contribution in [0.5, 0.6) is 0 Å². The maximum atomic E-state index is 13.2. The molecule has 1 aliphatic heterocycles. The monoisotopic (exact) mass is 365 g/mol. The maximum Gasteiger partial charge on any atom is 0.261 e. The largest absolute Gasteiger partial charge is 0.270 e. The molecular weight excluding hydrogens is 346 g/mol. The molecule has 0 radical (unpaired) electrons. The first-order chi connectivity index (χ1) is 12.5. The molecule has 0 spiro atoms. The van der Waals surface area contributed by atoms with Gasteiger partial charge in [0.1, 0.15) is 0 Å². The van der Waals surface area contributed by atoms with Gasteiger partial charge in [0.15, 0.2) is 0 Å². The molecular formula is C22H20ClNO2. The zero-order chi connectivity index (χ0) is 18.7. The number of imide groups is 1. The van der Waals surface area contributed by atoms with Gasteiger partial charge >= 0.3 is 0 Å². The summed E-state index contributed by atoms with van der Waals surface area (Å²) < 4.78 is 0. The molecule has 26 heavy (non-hydrogen) atoms. The number of amides is 2. The minimum atomic E-state index is -0.279. The Kier molecular flexibility index (Phi) is 5.38. The van der Waals surface area contributed by atoms with Crippen molar-refractivity contribution in [2.75, 3.05) is 6.54 Å². The summed E-state index contributed by atoms with van der Waals surface area (Å²) in [5.41, 5.74) is 3.82. The van der Waals surface area contributed by atoms with E-state index in [0.29, 0.717) is 23.6 Å². The molecule has 2 aromatic rings. The van der Waals surface area contributed by atoms with E-state index < -0.39 is 0 Å². The first kappa shape index (κ1) is 18.2. The molecule has 3 nitrogen and oxygen atoms in total. The van der Waals surface area contributed by atoms with Crippen LogP contribution in [0.4, 0.5) is 0 Å². The Bertz CT molecular complexity index is 895. The number of benzene rings is 2.